The highest BCUT2D eigenvalue weighted by Crippen LogP contribution is 2.24. The molecule has 1 aliphatic rings. The summed E-state index contributed by atoms with van der Waals surface area (Å²) in [5.74, 6) is 0.0995. The fraction of sp³-hybridized carbons (Fsp3) is 0.0400. The molecule has 0 atom stereocenters. The molecule has 0 aromatic heterocycles. The lowest BCUT2D eigenvalue weighted by Gasteiger charge is -2.18. The number of aromatic hydroxyl groups is 2. The number of rotatable bonds is 5. The van der Waals surface area contributed by atoms with Gasteiger partial charge in [-0.15, -0.1) is 0 Å². The number of phenols is 2. The average molecular weight is 411 g/mol. The van der Waals surface area contributed by atoms with E-state index in [0.29, 0.717) is 28.5 Å². The summed E-state index contributed by atoms with van der Waals surface area (Å²) < 4.78 is 0. The van der Waals surface area contributed by atoms with Gasteiger partial charge in [-0.2, -0.15) is 0 Å². The van der Waals surface area contributed by atoms with Gasteiger partial charge in [0.1, 0.15) is 11.5 Å². The fourth-order valence-corrected chi connectivity index (χ4v) is 3.02. The number of aryl methyl sites for hydroxylation is 1. The topological polar surface area (TPSA) is 94.0 Å². The van der Waals surface area contributed by atoms with Crippen LogP contribution in [0.5, 0.6) is 11.5 Å². The van der Waals surface area contributed by atoms with Gasteiger partial charge in [0.15, 0.2) is 0 Å². The van der Waals surface area contributed by atoms with Gasteiger partial charge < -0.3 is 20.8 Å². The predicted octanol–water partition coefficient (Wildman–Crippen LogP) is 5.05. The molecule has 0 amide bonds. The summed E-state index contributed by atoms with van der Waals surface area (Å²) in [6.45, 7) is 2.01. The first-order chi connectivity index (χ1) is 15.0. The number of carbonyl (C=O) groups excluding carboxylic acids is 1. The van der Waals surface area contributed by atoms with Crippen LogP contribution in [0.15, 0.2) is 101 Å². The van der Waals surface area contributed by atoms with Crippen LogP contribution in [0.25, 0.3) is 0 Å². The van der Waals surface area contributed by atoms with E-state index in [2.05, 4.69) is 15.6 Å². The largest absolute Gasteiger partial charge is 0.508 e. The van der Waals surface area contributed by atoms with E-state index in [1.165, 1.54) is 6.08 Å². The Balaban J connectivity index is 1.68. The third-order valence-electron chi connectivity index (χ3n) is 4.67. The smallest absolute Gasteiger partial charge is 0.204 e. The molecular weight excluding hydrogens is 390 g/mol. The molecule has 0 radical (unpaired) electrons. The molecule has 0 aliphatic heterocycles. The number of nitrogens with zero attached hydrogens (tertiary/aromatic N) is 1. The zero-order valence-electron chi connectivity index (χ0n) is 16.8. The van der Waals surface area contributed by atoms with E-state index >= 15 is 0 Å². The summed E-state index contributed by atoms with van der Waals surface area (Å²) >= 11 is 0. The summed E-state index contributed by atoms with van der Waals surface area (Å²) in [5, 5.41) is 25.4. The van der Waals surface area contributed by atoms with Crippen molar-refractivity contribution in [3.05, 3.63) is 102 Å². The molecule has 31 heavy (non-hydrogen) atoms. The van der Waals surface area contributed by atoms with Gasteiger partial charge in [-0.3, -0.25) is 4.79 Å². The van der Waals surface area contributed by atoms with Gasteiger partial charge in [0.2, 0.25) is 5.78 Å². The second-order valence-corrected chi connectivity index (χ2v) is 7.16. The molecular formula is C25H21N3O3. The average Bonchev–Trinajstić information content (AvgIpc) is 2.76. The van der Waals surface area contributed by atoms with Crippen LogP contribution in [0, 0.1) is 6.92 Å². The molecule has 0 saturated carbocycles. The van der Waals surface area contributed by atoms with Gasteiger partial charge in [0.25, 0.3) is 0 Å². The number of aliphatic imine (C=N–C) groups is 1. The van der Waals surface area contributed by atoms with Crippen LogP contribution in [-0.2, 0) is 4.79 Å². The number of ketones is 1. The number of allylic oxidation sites excluding steroid dienone is 2. The van der Waals surface area contributed by atoms with Crippen molar-refractivity contribution < 1.29 is 15.0 Å². The molecule has 154 valence electrons. The van der Waals surface area contributed by atoms with Crippen LogP contribution < -0.4 is 10.6 Å². The van der Waals surface area contributed by atoms with E-state index in [-0.39, 0.29) is 17.3 Å². The van der Waals surface area contributed by atoms with Gasteiger partial charge in [-0.05, 0) is 73.7 Å². The first-order valence-corrected chi connectivity index (χ1v) is 9.72. The number of phenolic OH excluding ortho intramolecular Hbond substituents is 2. The standard InChI is InChI=1S/C25H21N3O3/c1-16-2-4-17(5-3-16)27-23-15-25(31)24(28-19-8-12-21(30)13-9-19)14-22(23)26-18-6-10-20(29)11-7-18/h2-15,27-30H,1H3. The summed E-state index contributed by atoms with van der Waals surface area (Å²) in [4.78, 5) is 17.4. The Bertz CT molecular complexity index is 1190. The fourth-order valence-electron chi connectivity index (χ4n) is 3.02. The number of benzene rings is 3. The minimum absolute atomic E-state index is 0.147. The Morgan fingerprint density at radius 1 is 0.677 bits per heavy atom. The van der Waals surface area contributed by atoms with Crippen LogP contribution in [0.2, 0.25) is 0 Å². The maximum absolute atomic E-state index is 12.8. The van der Waals surface area contributed by atoms with Crippen molar-refractivity contribution in [3.8, 4) is 11.5 Å². The van der Waals surface area contributed by atoms with Gasteiger partial charge >= 0.3 is 0 Å². The predicted molar refractivity (Wildman–Crippen MR) is 123 cm³/mol. The highest BCUT2D eigenvalue weighted by molar-refractivity contribution is 6.24. The summed E-state index contributed by atoms with van der Waals surface area (Å²) in [6.07, 6.45) is 3.18. The molecule has 3 aromatic carbocycles. The lowest BCUT2D eigenvalue weighted by Crippen LogP contribution is -2.22. The first kappa shape index (κ1) is 20.0. The Hall–Kier alpha value is -4.32. The number of nitrogens with one attached hydrogen (secondary N) is 2. The van der Waals surface area contributed by atoms with E-state index in [0.717, 1.165) is 11.3 Å². The Morgan fingerprint density at radius 3 is 1.81 bits per heavy atom. The second-order valence-electron chi connectivity index (χ2n) is 7.16. The maximum Gasteiger partial charge on any atom is 0.204 e. The lowest BCUT2D eigenvalue weighted by molar-refractivity contribution is -0.111. The van der Waals surface area contributed by atoms with Crippen molar-refractivity contribution >= 4 is 28.6 Å². The zero-order chi connectivity index (χ0) is 21.8. The molecule has 0 spiro atoms. The normalized spacial score (nSPS) is 14.7. The molecule has 1 aliphatic carbocycles. The van der Waals surface area contributed by atoms with Gasteiger partial charge in [-0.1, -0.05) is 17.7 Å². The highest BCUT2D eigenvalue weighted by atomic mass is 16.3. The van der Waals surface area contributed by atoms with E-state index < -0.39 is 0 Å². The molecule has 4 rings (SSSR count). The lowest BCUT2D eigenvalue weighted by atomic mass is 10.0. The van der Waals surface area contributed by atoms with E-state index in [1.54, 1.807) is 54.6 Å². The van der Waals surface area contributed by atoms with Crippen LogP contribution in [0.3, 0.4) is 0 Å². The van der Waals surface area contributed by atoms with E-state index in [1.807, 2.05) is 31.2 Å². The summed E-state index contributed by atoms with van der Waals surface area (Å²) in [5.41, 5.74) is 4.77. The number of carbonyl (C=O) groups is 1. The van der Waals surface area contributed by atoms with Crippen LogP contribution in [0.1, 0.15) is 5.56 Å². The number of hydrogen-bond acceptors (Lipinski definition) is 6. The molecule has 0 saturated heterocycles. The molecule has 0 bridgehead atoms. The third kappa shape index (κ3) is 5.00. The SMILES string of the molecule is Cc1ccc(NC2=CC(=O)C(Nc3ccc(O)cc3)=CC2=Nc2ccc(O)cc2)cc1. The van der Waals surface area contributed by atoms with Crippen LogP contribution in [0.4, 0.5) is 17.1 Å². The minimum atomic E-state index is -0.202. The van der Waals surface area contributed by atoms with Gasteiger partial charge in [0.05, 0.1) is 22.8 Å². The quantitative estimate of drug-likeness (QED) is 0.348. The third-order valence-corrected chi connectivity index (χ3v) is 4.67. The van der Waals surface area contributed by atoms with Crippen molar-refractivity contribution in [1.82, 2.24) is 0 Å². The van der Waals surface area contributed by atoms with E-state index in [9.17, 15) is 15.0 Å². The molecule has 6 nitrogen and oxygen atoms in total. The maximum atomic E-state index is 12.8. The summed E-state index contributed by atoms with van der Waals surface area (Å²) in [7, 11) is 0. The van der Waals surface area contributed by atoms with E-state index in [4.69, 9.17) is 0 Å². The molecule has 0 heterocycles. The van der Waals surface area contributed by atoms with Crippen molar-refractivity contribution in [2.45, 2.75) is 6.92 Å². The number of hydrogen-bond donors (Lipinski definition) is 4. The van der Waals surface area contributed by atoms with Crippen molar-refractivity contribution in [2.24, 2.45) is 4.99 Å². The van der Waals surface area contributed by atoms with Gasteiger partial charge in [-0.25, -0.2) is 4.99 Å². The monoisotopic (exact) mass is 411 g/mol. The molecule has 6 heteroatoms. The first-order valence-electron chi connectivity index (χ1n) is 9.72. The minimum Gasteiger partial charge on any atom is -0.508 e. The molecule has 4 N–H and O–H groups in total. The van der Waals surface area contributed by atoms with Crippen LogP contribution in [-0.4, -0.2) is 21.7 Å². The summed E-state index contributed by atoms with van der Waals surface area (Å²) in [6, 6.07) is 20.8. The van der Waals surface area contributed by atoms with Gasteiger partial charge in [0, 0.05) is 17.5 Å². The molecule has 3 aromatic rings. The second kappa shape index (κ2) is 8.59. The highest BCUT2D eigenvalue weighted by Gasteiger charge is 2.20. The van der Waals surface area contributed by atoms with Crippen LogP contribution >= 0.6 is 0 Å². The Morgan fingerprint density at radius 2 is 1.19 bits per heavy atom. The Labute approximate surface area is 179 Å². The Kier molecular flexibility index (Phi) is 5.53. The van der Waals surface area contributed by atoms with Crippen molar-refractivity contribution in [1.29, 1.82) is 0 Å². The number of anilines is 2. The molecule has 0 unspecified atom stereocenters. The zero-order valence-corrected chi connectivity index (χ0v) is 16.8. The van der Waals surface area contributed by atoms with Crippen molar-refractivity contribution in [3.63, 3.8) is 0 Å². The van der Waals surface area contributed by atoms with Crippen molar-refractivity contribution in [2.75, 3.05) is 10.6 Å². The molecule has 0 fully saturated rings.